The van der Waals surface area contributed by atoms with Crippen LogP contribution < -0.4 is 11.1 Å². The van der Waals surface area contributed by atoms with E-state index in [9.17, 15) is 4.79 Å². The molecule has 0 heterocycles. The Hall–Kier alpha value is -0.570. The number of rotatable bonds is 4. The van der Waals surface area contributed by atoms with Gasteiger partial charge in [0.25, 0.3) is 0 Å². The van der Waals surface area contributed by atoms with Crippen molar-refractivity contribution < 1.29 is 4.79 Å². The molecular formula is C12H22N2O. The van der Waals surface area contributed by atoms with E-state index in [0.29, 0.717) is 17.9 Å². The van der Waals surface area contributed by atoms with Gasteiger partial charge in [-0.15, -0.1) is 0 Å². The summed E-state index contributed by atoms with van der Waals surface area (Å²) in [4.78, 5) is 11.5. The van der Waals surface area contributed by atoms with Crippen molar-refractivity contribution in [3.63, 3.8) is 0 Å². The molecule has 3 N–H and O–H groups in total. The lowest BCUT2D eigenvalue weighted by Crippen LogP contribution is -2.31. The lowest BCUT2D eigenvalue weighted by Gasteiger charge is -2.24. The Bertz CT molecular complexity index is 226. The molecule has 1 amide bonds. The van der Waals surface area contributed by atoms with Gasteiger partial charge in [0.05, 0.1) is 0 Å². The first-order chi connectivity index (χ1) is 7.24. The van der Waals surface area contributed by atoms with Crippen molar-refractivity contribution in [1.82, 2.24) is 5.32 Å². The highest BCUT2D eigenvalue weighted by atomic mass is 16.1. The molecule has 3 nitrogen and oxygen atoms in total. The van der Waals surface area contributed by atoms with Gasteiger partial charge in [-0.25, -0.2) is 0 Å². The standard InChI is InChI=1S/C12H22N2O/c13-11-5-4-10(6-11)8-14-12(15)7-9-2-1-3-9/h9-11H,1-8,13H2,(H,14,15). The van der Waals surface area contributed by atoms with E-state index in [2.05, 4.69) is 5.32 Å². The number of carbonyl (C=O) groups is 1. The number of carbonyl (C=O) groups excluding carboxylic acids is 1. The number of hydrogen-bond acceptors (Lipinski definition) is 2. The third-order valence-electron chi connectivity index (χ3n) is 3.87. The number of nitrogens with two attached hydrogens (primary N) is 1. The quantitative estimate of drug-likeness (QED) is 0.737. The van der Waals surface area contributed by atoms with E-state index in [1.807, 2.05) is 0 Å². The summed E-state index contributed by atoms with van der Waals surface area (Å²) < 4.78 is 0. The third-order valence-corrected chi connectivity index (χ3v) is 3.87. The molecule has 0 spiro atoms. The van der Waals surface area contributed by atoms with Crippen LogP contribution in [0, 0.1) is 11.8 Å². The zero-order chi connectivity index (χ0) is 10.7. The zero-order valence-electron chi connectivity index (χ0n) is 9.37. The molecular weight excluding hydrogens is 188 g/mol. The van der Waals surface area contributed by atoms with Gasteiger partial charge in [0.2, 0.25) is 5.91 Å². The minimum absolute atomic E-state index is 0.250. The van der Waals surface area contributed by atoms with E-state index >= 15 is 0 Å². The lowest BCUT2D eigenvalue weighted by molar-refractivity contribution is -0.122. The van der Waals surface area contributed by atoms with Crippen LogP contribution in [0.3, 0.4) is 0 Å². The SMILES string of the molecule is NC1CCC(CNC(=O)CC2CCC2)C1. The zero-order valence-corrected chi connectivity index (χ0v) is 9.37. The Morgan fingerprint density at radius 3 is 2.53 bits per heavy atom. The maximum atomic E-state index is 11.5. The molecule has 0 aromatic carbocycles. The molecule has 2 rings (SSSR count). The van der Waals surface area contributed by atoms with Gasteiger partial charge < -0.3 is 11.1 Å². The maximum Gasteiger partial charge on any atom is 0.220 e. The highest BCUT2D eigenvalue weighted by Crippen LogP contribution is 2.29. The Balaban J connectivity index is 1.58. The maximum absolute atomic E-state index is 11.5. The molecule has 0 saturated heterocycles. The molecule has 0 bridgehead atoms. The van der Waals surface area contributed by atoms with E-state index in [1.54, 1.807) is 0 Å². The second kappa shape index (κ2) is 4.97. The molecule has 2 aliphatic rings. The van der Waals surface area contributed by atoms with Crippen molar-refractivity contribution in [3.8, 4) is 0 Å². The number of nitrogens with one attached hydrogen (secondary N) is 1. The summed E-state index contributed by atoms with van der Waals surface area (Å²) in [5.41, 5.74) is 5.83. The van der Waals surface area contributed by atoms with Crippen LogP contribution in [0.1, 0.15) is 44.9 Å². The van der Waals surface area contributed by atoms with E-state index in [1.165, 1.54) is 25.7 Å². The van der Waals surface area contributed by atoms with Gasteiger partial charge in [0, 0.05) is 19.0 Å². The average Bonchev–Trinajstić information content (AvgIpc) is 2.55. The van der Waals surface area contributed by atoms with Gasteiger partial charge in [-0.1, -0.05) is 6.42 Å². The topological polar surface area (TPSA) is 55.1 Å². The predicted molar refractivity (Wildman–Crippen MR) is 60.3 cm³/mol. The normalized spacial score (nSPS) is 31.3. The summed E-state index contributed by atoms with van der Waals surface area (Å²) in [6.07, 6.45) is 7.97. The largest absolute Gasteiger partial charge is 0.356 e. The second-order valence-corrected chi connectivity index (χ2v) is 5.24. The van der Waals surface area contributed by atoms with Gasteiger partial charge in [-0.3, -0.25) is 4.79 Å². The van der Waals surface area contributed by atoms with Crippen LogP contribution in [0.4, 0.5) is 0 Å². The van der Waals surface area contributed by atoms with E-state index in [0.717, 1.165) is 25.8 Å². The molecule has 0 radical (unpaired) electrons. The molecule has 0 aliphatic heterocycles. The molecule has 2 unspecified atom stereocenters. The molecule has 86 valence electrons. The van der Waals surface area contributed by atoms with Crippen LogP contribution in [-0.4, -0.2) is 18.5 Å². The minimum Gasteiger partial charge on any atom is -0.356 e. The second-order valence-electron chi connectivity index (χ2n) is 5.24. The van der Waals surface area contributed by atoms with E-state index in [-0.39, 0.29) is 5.91 Å². The molecule has 15 heavy (non-hydrogen) atoms. The summed E-state index contributed by atoms with van der Waals surface area (Å²) in [5, 5.41) is 3.05. The molecule has 2 fully saturated rings. The van der Waals surface area contributed by atoms with Gasteiger partial charge in [-0.2, -0.15) is 0 Å². The first kappa shape index (κ1) is 10.9. The van der Waals surface area contributed by atoms with E-state index in [4.69, 9.17) is 5.73 Å². The van der Waals surface area contributed by atoms with Crippen molar-refractivity contribution in [1.29, 1.82) is 0 Å². The molecule has 2 aliphatic carbocycles. The van der Waals surface area contributed by atoms with Crippen LogP contribution in [0.2, 0.25) is 0 Å². The van der Waals surface area contributed by atoms with E-state index < -0.39 is 0 Å². The van der Waals surface area contributed by atoms with Gasteiger partial charge >= 0.3 is 0 Å². The van der Waals surface area contributed by atoms with Crippen molar-refractivity contribution in [3.05, 3.63) is 0 Å². The first-order valence-electron chi connectivity index (χ1n) is 6.26. The predicted octanol–water partition coefficient (Wildman–Crippen LogP) is 1.42. The van der Waals surface area contributed by atoms with Crippen molar-refractivity contribution in [2.45, 2.75) is 51.0 Å². The van der Waals surface area contributed by atoms with Crippen LogP contribution in [0.15, 0.2) is 0 Å². The lowest BCUT2D eigenvalue weighted by atomic mass is 9.83. The Morgan fingerprint density at radius 2 is 2.00 bits per heavy atom. The summed E-state index contributed by atoms with van der Waals surface area (Å²) in [7, 11) is 0. The van der Waals surface area contributed by atoms with Gasteiger partial charge in [0.1, 0.15) is 0 Å². The molecule has 2 atom stereocenters. The summed E-state index contributed by atoms with van der Waals surface area (Å²) >= 11 is 0. The van der Waals surface area contributed by atoms with Crippen LogP contribution in [0.25, 0.3) is 0 Å². The van der Waals surface area contributed by atoms with Crippen molar-refractivity contribution >= 4 is 5.91 Å². The third kappa shape index (κ3) is 3.20. The molecule has 3 heteroatoms. The molecule has 0 aromatic heterocycles. The van der Waals surface area contributed by atoms with Crippen LogP contribution in [0.5, 0.6) is 0 Å². The molecule has 2 saturated carbocycles. The Labute approximate surface area is 91.8 Å². The Kier molecular flexibility index (Phi) is 3.62. The minimum atomic E-state index is 0.250. The van der Waals surface area contributed by atoms with Gasteiger partial charge in [0.15, 0.2) is 0 Å². The number of amides is 1. The summed E-state index contributed by atoms with van der Waals surface area (Å²) in [5.74, 6) is 1.56. The first-order valence-corrected chi connectivity index (χ1v) is 6.26. The summed E-state index contributed by atoms with van der Waals surface area (Å²) in [6.45, 7) is 0.846. The van der Waals surface area contributed by atoms with Crippen molar-refractivity contribution in [2.75, 3.05) is 6.54 Å². The average molecular weight is 210 g/mol. The number of hydrogen-bond donors (Lipinski definition) is 2. The Morgan fingerprint density at radius 1 is 1.20 bits per heavy atom. The fourth-order valence-corrected chi connectivity index (χ4v) is 2.59. The van der Waals surface area contributed by atoms with Crippen molar-refractivity contribution in [2.24, 2.45) is 17.6 Å². The monoisotopic (exact) mass is 210 g/mol. The fourth-order valence-electron chi connectivity index (χ4n) is 2.59. The highest BCUT2D eigenvalue weighted by molar-refractivity contribution is 5.76. The van der Waals surface area contributed by atoms with Gasteiger partial charge in [-0.05, 0) is 43.9 Å². The smallest absolute Gasteiger partial charge is 0.220 e. The molecule has 0 aromatic rings. The fraction of sp³-hybridized carbons (Fsp3) is 0.917. The van der Waals surface area contributed by atoms with Crippen LogP contribution in [-0.2, 0) is 4.79 Å². The summed E-state index contributed by atoms with van der Waals surface area (Å²) in [6, 6.07) is 0.374. The van der Waals surface area contributed by atoms with Crippen LogP contribution >= 0.6 is 0 Å². The highest BCUT2D eigenvalue weighted by Gasteiger charge is 2.23.